The van der Waals surface area contributed by atoms with E-state index in [9.17, 15) is 4.79 Å². The van der Waals surface area contributed by atoms with Gasteiger partial charge in [0.25, 0.3) is 5.91 Å². The Labute approximate surface area is 182 Å². The van der Waals surface area contributed by atoms with Crippen LogP contribution in [0.3, 0.4) is 0 Å². The number of aryl methyl sites for hydroxylation is 1. The average molecular weight is 451 g/mol. The van der Waals surface area contributed by atoms with Crippen molar-refractivity contribution in [2.45, 2.75) is 45.3 Å². The zero-order chi connectivity index (χ0) is 21.3. The monoisotopic (exact) mass is 450 g/mol. The van der Waals surface area contributed by atoms with Crippen molar-refractivity contribution in [3.63, 3.8) is 0 Å². The van der Waals surface area contributed by atoms with Crippen LogP contribution in [0.15, 0.2) is 15.7 Å². The number of hydrogen-bond acceptors (Lipinski definition) is 9. The van der Waals surface area contributed by atoms with Gasteiger partial charge in [-0.1, -0.05) is 29.9 Å². The number of allylic oxidation sites excluding steroid dienone is 1. The van der Waals surface area contributed by atoms with Crippen LogP contribution < -0.4 is 10.2 Å². The Kier molecular flexibility index (Phi) is 6.11. The zero-order valence-electron chi connectivity index (χ0n) is 17.0. The van der Waals surface area contributed by atoms with Crippen LogP contribution >= 0.6 is 22.9 Å². The van der Waals surface area contributed by atoms with Gasteiger partial charge in [-0.2, -0.15) is 5.21 Å². The van der Waals surface area contributed by atoms with Crippen molar-refractivity contribution in [1.29, 1.82) is 0 Å². The summed E-state index contributed by atoms with van der Waals surface area (Å²) in [7, 11) is 1.66. The third-order valence-corrected chi connectivity index (χ3v) is 6.94. The lowest BCUT2D eigenvalue weighted by Gasteiger charge is -2.38. The van der Waals surface area contributed by atoms with E-state index in [2.05, 4.69) is 40.8 Å². The number of H-pyrrole nitrogens is 1. The molecular formula is C18H23ClN8O2S. The van der Waals surface area contributed by atoms with E-state index >= 15 is 0 Å². The number of amides is 1. The van der Waals surface area contributed by atoms with Crippen LogP contribution in [0.2, 0.25) is 0 Å². The average Bonchev–Trinajstić information content (AvgIpc) is 3.47. The third-order valence-electron chi connectivity index (χ3n) is 5.38. The number of aromatic nitrogens is 5. The second kappa shape index (κ2) is 8.78. The van der Waals surface area contributed by atoms with E-state index in [1.165, 1.54) is 11.3 Å². The Hall–Kier alpha value is -2.37. The summed E-state index contributed by atoms with van der Waals surface area (Å²) in [6.07, 6.45) is 1.86. The Balaban J connectivity index is 1.41. The number of tetrazole rings is 1. The molecule has 2 N–H and O–H groups in total. The molecule has 0 bridgehead atoms. The van der Waals surface area contributed by atoms with Gasteiger partial charge < -0.3 is 15.0 Å². The number of halogens is 1. The molecule has 1 fully saturated rings. The van der Waals surface area contributed by atoms with Crippen molar-refractivity contribution in [1.82, 2.24) is 30.9 Å². The number of anilines is 1. The van der Waals surface area contributed by atoms with Crippen LogP contribution in [0.4, 0.5) is 5.13 Å². The number of nitrogens with zero attached hydrogens (tertiary/aromatic N) is 6. The molecule has 0 saturated carbocycles. The maximum absolute atomic E-state index is 12.7. The Morgan fingerprint density at radius 1 is 1.47 bits per heavy atom. The minimum atomic E-state index is -0.179. The number of aliphatic imine (C=N–C) groups is 1. The third kappa shape index (κ3) is 4.09. The summed E-state index contributed by atoms with van der Waals surface area (Å²) in [6, 6.07) is -0.108. The molecule has 10 nitrogen and oxygen atoms in total. The molecule has 2 aromatic rings. The Morgan fingerprint density at radius 3 is 2.97 bits per heavy atom. The van der Waals surface area contributed by atoms with Gasteiger partial charge in [0.1, 0.15) is 15.7 Å². The number of hydrogen-bond donors (Lipinski definition) is 2. The normalized spacial score (nSPS) is 21.9. The van der Waals surface area contributed by atoms with Crippen molar-refractivity contribution >= 4 is 39.7 Å². The molecular weight excluding hydrogens is 428 g/mol. The van der Waals surface area contributed by atoms with Gasteiger partial charge in [-0.15, -0.1) is 10.2 Å². The number of methoxy groups -OCH3 is 1. The standard InChI is InChI=1S/C18H23ClN8O2S/c1-4-10-7-12(21-15(10)19)17(28)22-11-5-6-27(8-13(11)29-3)18-20-9(2)14(30-18)16-23-25-26-24-16/h11,13H,4-8H2,1-3H3,(H,22,28)(H,23,24,25,26)/t11?,13-/m0/s1. The van der Waals surface area contributed by atoms with Crippen molar-refractivity contribution in [3.8, 4) is 10.7 Å². The van der Waals surface area contributed by atoms with E-state index in [4.69, 9.17) is 16.3 Å². The lowest BCUT2D eigenvalue weighted by Crippen LogP contribution is -2.55. The second-order valence-electron chi connectivity index (χ2n) is 7.22. The molecule has 30 heavy (non-hydrogen) atoms. The van der Waals surface area contributed by atoms with Gasteiger partial charge in [-0.05, 0) is 30.6 Å². The summed E-state index contributed by atoms with van der Waals surface area (Å²) in [5.74, 6) is 0.360. The van der Waals surface area contributed by atoms with Gasteiger partial charge in [0.2, 0.25) is 5.82 Å². The minimum absolute atomic E-state index is 0.108. The van der Waals surface area contributed by atoms with Crippen LogP contribution in [0.1, 0.15) is 31.9 Å². The van der Waals surface area contributed by atoms with Gasteiger partial charge in [-0.25, -0.2) is 9.98 Å². The molecule has 4 heterocycles. The summed E-state index contributed by atoms with van der Waals surface area (Å²) in [5.41, 5.74) is 2.32. The van der Waals surface area contributed by atoms with Crippen molar-refractivity contribution < 1.29 is 9.53 Å². The van der Waals surface area contributed by atoms with Gasteiger partial charge in [0.05, 0.1) is 17.8 Å². The topological polar surface area (TPSA) is 121 Å². The largest absolute Gasteiger partial charge is 0.377 e. The maximum atomic E-state index is 12.7. The molecule has 1 unspecified atom stereocenters. The zero-order valence-corrected chi connectivity index (χ0v) is 18.5. The van der Waals surface area contributed by atoms with Gasteiger partial charge in [0, 0.05) is 26.6 Å². The molecule has 2 atom stereocenters. The predicted molar refractivity (Wildman–Crippen MR) is 115 cm³/mol. The van der Waals surface area contributed by atoms with E-state index in [0.29, 0.717) is 29.7 Å². The fourth-order valence-corrected chi connectivity index (χ4v) is 4.98. The summed E-state index contributed by atoms with van der Waals surface area (Å²) < 4.78 is 5.70. The van der Waals surface area contributed by atoms with Gasteiger partial charge >= 0.3 is 0 Å². The lowest BCUT2D eigenvalue weighted by molar-refractivity contribution is -0.116. The number of piperidine rings is 1. The first-order valence-electron chi connectivity index (χ1n) is 9.75. The minimum Gasteiger partial charge on any atom is -0.377 e. The fraction of sp³-hybridized carbons (Fsp3) is 0.556. The van der Waals surface area contributed by atoms with Crippen LogP contribution in [-0.4, -0.2) is 69.6 Å². The van der Waals surface area contributed by atoms with E-state index in [-0.39, 0.29) is 18.1 Å². The maximum Gasteiger partial charge on any atom is 0.266 e. The highest BCUT2D eigenvalue weighted by Gasteiger charge is 2.33. The van der Waals surface area contributed by atoms with Crippen LogP contribution in [0.5, 0.6) is 0 Å². The molecule has 0 aliphatic carbocycles. The first kappa shape index (κ1) is 20.9. The van der Waals surface area contributed by atoms with E-state index in [1.54, 1.807) is 7.11 Å². The SMILES string of the molecule is CCC1=C(Cl)N=C(C(=O)NC2CCN(c3nc(C)c(-c4nn[nH]n4)s3)C[C@@H]2OC)C1. The Morgan fingerprint density at radius 2 is 2.30 bits per heavy atom. The van der Waals surface area contributed by atoms with Crippen molar-refractivity contribution in [2.24, 2.45) is 4.99 Å². The highest BCUT2D eigenvalue weighted by atomic mass is 35.5. The number of nitrogens with one attached hydrogen (secondary N) is 2. The van der Waals surface area contributed by atoms with Crippen LogP contribution in [0.25, 0.3) is 10.7 Å². The van der Waals surface area contributed by atoms with Gasteiger partial charge in [-0.3, -0.25) is 4.79 Å². The van der Waals surface area contributed by atoms with E-state index in [1.807, 2.05) is 13.8 Å². The molecule has 4 rings (SSSR count). The summed E-state index contributed by atoms with van der Waals surface area (Å²) in [5, 5.41) is 18.6. The number of carbonyl (C=O) groups is 1. The quantitative estimate of drug-likeness (QED) is 0.646. The van der Waals surface area contributed by atoms with Crippen LogP contribution in [-0.2, 0) is 9.53 Å². The number of ether oxygens (including phenoxy) is 1. The second-order valence-corrected chi connectivity index (χ2v) is 8.55. The van der Waals surface area contributed by atoms with E-state index in [0.717, 1.165) is 40.7 Å². The summed E-state index contributed by atoms with van der Waals surface area (Å²) in [6.45, 7) is 5.30. The molecule has 2 aliphatic heterocycles. The highest BCUT2D eigenvalue weighted by Crippen LogP contribution is 2.34. The lowest BCUT2D eigenvalue weighted by atomic mass is 10.0. The molecule has 2 aliphatic rings. The smallest absolute Gasteiger partial charge is 0.266 e. The Bertz CT molecular complexity index is 986. The molecule has 1 amide bonds. The van der Waals surface area contributed by atoms with E-state index < -0.39 is 0 Å². The van der Waals surface area contributed by atoms with Gasteiger partial charge in [0.15, 0.2) is 5.13 Å². The van der Waals surface area contributed by atoms with Crippen LogP contribution in [0, 0.1) is 6.92 Å². The first-order chi connectivity index (χ1) is 14.5. The first-order valence-corrected chi connectivity index (χ1v) is 10.9. The molecule has 12 heteroatoms. The number of carbonyl (C=O) groups excluding carboxylic acids is 1. The molecule has 160 valence electrons. The number of thiazole rings is 1. The fourth-order valence-electron chi connectivity index (χ4n) is 3.64. The van der Waals surface area contributed by atoms with Crippen molar-refractivity contribution in [3.05, 3.63) is 16.4 Å². The number of aromatic amines is 1. The molecule has 2 aromatic heterocycles. The molecule has 0 spiro atoms. The molecule has 0 radical (unpaired) electrons. The molecule has 1 saturated heterocycles. The predicted octanol–water partition coefficient (Wildman–Crippen LogP) is 2.05. The molecule has 0 aromatic carbocycles. The summed E-state index contributed by atoms with van der Waals surface area (Å²) >= 11 is 7.64. The number of rotatable bonds is 6. The summed E-state index contributed by atoms with van der Waals surface area (Å²) in [4.78, 5) is 24.6. The van der Waals surface area contributed by atoms with Crippen molar-refractivity contribution in [2.75, 3.05) is 25.1 Å². The highest BCUT2D eigenvalue weighted by molar-refractivity contribution is 7.19.